The summed E-state index contributed by atoms with van der Waals surface area (Å²) in [7, 11) is -7.41. The van der Waals surface area contributed by atoms with Crippen molar-refractivity contribution < 1.29 is 16.8 Å². The summed E-state index contributed by atoms with van der Waals surface area (Å²) in [5.74, 6) is -0.227. The zero-order valence-electron chi connectivity index (χ0n) is 11.9. The number of hydrogen-bond acceptors (Lipinski definition) is 6. The zero-order valence-corrected chi connectivity index (χ0v) is 13.6. The number of hydrazine groups is 1. The maximum absolute atomic E-state index is 12.0. The molecule has 2 rings (SSSR count). The molecule has 0 saturated heterocycles. The number of nitrogen functional groups attached to an aromatic ring is 1. The van der Waals surface area contributed by atoms with E-state index >= 15 is 0 Å². The predicted molar refractivity (Wildman–Crippen MR) is 88.1 cm³/mol. The van der Waals surface area contributed by atoms with Gasteiger partial charge in [0.2, 0.25) is 20.0 Å². The van der Waals surface area contributed by atoms with E-state index in [4.69, 9.17) is 10.9 Å². The van der Waals surface area contributed by atoms with Crippen molar-refractivity contribution in [2.24, 2.45) is 5.14 Å². The SMILES string of the molecule is Nc1ccc(CS(=O)(=O)NNc2ccc(S(N)(=O)=O)cc2)cc1. The third-order valence-corrected chi connectivity index (χ3v) is 4.93. The minimum absolute atomic E-state index is 0.0622. The maximum atomic E-state index is 12.0. The van der Waals surface area contributed by atoms with Crippen LogP contribution in [-0.2, 0) is 25.8 Å². The van der Waals surface area contributed by atoms with Crippen LogP contribution in [0.3, 0.4) is 0 Å². The molecule has 0 fully saturated rings. The fraction of sp³-hybridized carbons (Fsp3) is 0.0769. The molecule has 0 unspecified atom stereocenters. The second kappa shape index (κ2) is 6.54. The van der Waals surface area contributed by atoms with Gasteiger partial charge in [-0.05, 0) is 42.0 Å². The largest absolute Gasteiger partial charge is 0.399 e. The highest BCUT2D eigenvalue weighted by Crippen LogP contribution is 2.13. The van der Waals surface area contributed by atoms with Crippen molar-refractivity contribution in [1.29, 1.82) is 0 Å². The van der Waals surface area contributed by atoms with Crippen molar-refractivity contribution in [2.75, 3.05) is 11.2 Å². The van der Waals surface area contributed by atoms with Gasteiger partial charge in [0, 0.05) is 11.4 Å². The van der Waals surface area contributed by atoms with Gasteiger partial charge in [0.15, 0.2) is 0 Å². The van der Waals surface area contributed by atoms with Crippen molar-refractivity contribution in [3.8, 4) is 0 Å². The van der Waals surface area contributed by atoms with E-state index in [1.165, 1.54) is 24.3 Å². The first-order valence-electron chi connectivity index (χ1n) is 6.38. The minimum Gasteiger partial charge on any atom is -0.399 e. The summed E-state index contributed by atoms with van der Waals surface area (Å²) in [6.45, 7) is 0. The van der Waals surface area contributed by atoms with Gasteiger partial charge in [0.1, 0.15) is 0 Å². The summed E-state index contributed by atoms with van der Waals surface area (Å²) in [4.78, 5) is 2.14. The quantitative estimate of drug-likeness (QED) is 0.434. The molecule has 0 saturated carbocycles. The van der Waals surface area contributed by atoms with Gasteiger partial charge in [0.05, 0.1) is 10.6 Å². The van der Waals surface area contributed by atoms with E-state index < -0.39 is 20.0 Å². The lowest BCUT2D eigenvalue weighted by atomic mass is 10.2. The number of nitrogens with one attached hydrogen (secondary N) is 2. The molecular weight excluding hydrogens is 340 g/mol. The van der Waals surface area contributed by atoms with Gasteiger partial charge in [-0.3, -0.25) is 0 Å². The molecule has 0 radical (unpaired) electrons. The minimum atomic E-state index is -3.78. The topological polar surface area (TPSA) is 144 Å². The molecule has 10 heteroatoms. The van der Waals surface area contributed by atoms with Crippen molar-refractivity contribution in [1.82, 2.24) is 4.83 Å². The molecule has 0 atom stereocenters. The molecule has 6 N–H and O–H groups in total. The molecule has 0 heterocycles. The summed E-state index contributed by atoms with van der Waals surface area (Å²) in [6.07, 6.45) is 0. The zero-order chi connectivity index (χ0) is 17.1. The molecule has 2 aromatic carbocycles. The number of primary sulfonamides is 1. The smallest absolute Gasteiger partial charge is 0.238 e. The van der Waals surface area contributed by atoms with Gasteiger partial charge >= 0.3 is 0 Å². The Hall–Kier alpha value is -2.14. The molecule has 0 aliphatic heterocycles. The summed E-state index contributed by atoms with van der Waals surface area (Å²) >= 11 is 0. The van der Waals surface area contributed by atoms with Crippen LogP contribution in [0, 0.1) is 0 Å². The first-order valence-corrected chi connectivity index (χ1v) is 9.58. The molecule has 0 spiro atoms. The van der Waals surface area contributed by atoms with E-state index in [1.807, 2.05) is 0 Å². The first-order chi connectivity index (χ1) is 10.7. The van der Waals surface area contributed by atoms with Crippen molar-refractivity contribution in [2.45, 2.75) is 10.6 Å². The molecule has 0 aliphatic carbocycles. The summed E-state index contributed by atoms with van der Waals surface area (Å²) in [5.41, 5.74) is 9.54. The van der Waals surface area contributed by atoms with Crippen LogP contribution in [0.4, 0.5) is 11.4 Å². The number of rotatable bonds is 6. The monoisotopic (exact) mass is 356 g/mol. The lowest BCUT2D eigenvalue weighted by molar-refractivity contribution is 0.586. The lowest BCUT2D eigenvalue weighted by Crippen LogP contribution is -2.30. The number of anilines is 2. The Kier molecular flexibility index (Phi) is 4.90. The van der Waals surface area contributed by atoms with Gasteiger partial charge in [-0.15, -0.1) is 4.83 Å². The van der Waals surface area contributed by atoms with E-state index in [1.54, 1.807) is 24.3 Å². The standard InChI is InChI=1S/C13H16N4O4S2/c14-11-3-1-10(2-4-11)9-22(18,19)17-16-12-5-7-13(8-6-12)23(15,20)21/h1-8,16-17H,9,14H2,(H2,15,20,21). The van der Waals surface area contributed by atoms with Crippen LogP contribution < -0.4 is 21.1 Å². The Morgan fingerprint density at radius 1 is 0.870 bits per heavy atom. The molecule has 0 aromatic heterocycles. The van der Waals surface area contributed by atoms with E-state index in [0.717, 1.165) is 0 Å². The number of benzene rings is 2. The summed E-state index contributed by atoms with van der Waals surface area (Å²) in [5, 5.41) is 4.98. The van der Waals surface area contributed by atoms with E-state index in [2.05, 4.69) is 10.3 Å². The Labute approximate surface area is 134 Å². The Morgan fingerprint density at radius 3 is 1.96 bits per heavy atom. The molecule has 23 heavy (non-hydrogen) atoms. The van der Waals surface area contributed by atoms with Crippen LogP contribution in [0.15, 0.2) is 53.4 Å². The van der Waals surface area contributed by atoms with Crippen LogP contribution in [-0.4, -0.2) is 16.8 Å². The van der Waals surface area contributed by atoms with Gasteiger partial charge in [-0.25, -0.2) is 22.0 Å². The Balaban J connectivity index is 2.00. The van der Waals surface area contributed by atoms with E-state index in [9.17, 15) is 16.8 Å². The highest BCUT2D eigenvalue weighted by Gasteiger charge is 2.12. The molecule has 0 aliphatic rings. The molecule has 0 bridgehead atoms. The predicted octanol–water partition coefficient (Wildman–Crippen LogP) is 0.363. The second-order valence-corrected chi connectivity index (χ2v) is 8.08. The van der Waals surface area contributed by atoms with E-state index in [-0.39, 0.29) is 10.6 Å². The van der Waals surface area contributed by atoms with Crippen LogP contribution in [0.2, 0.25) is 0 Å². The van der Waals surface area contributed by atoms with Crippen molar-refractivity contribution in [3.63, 3.8) is 0 Å². The highest BCUT2D eigenvalue weighted by molar-refractivity contribution is 7.89. The van der Waals surface area contributed by atoms with Crippen LogP contribution >= 0.6 is 0 Å². The van der Waals surface area contributed by atoms with Crippen LogP contribution in [0.1, 0.15) is 5.56 Å². The fourth-order valence-electron chi connectivity index (χ4n) is 1.73. The molecule has 2 aromatic rings. The van der Waals surface area contributed by atoms with Crippen molar-refractivity contribution >= 4 is 31.4 Å². The molecular formula is C13H16N4O4S2. The average molecular weight is 356 g/mol. The van der Waals surface area contributed by atoms with Crippen LogP contribution in [0.5, 0.6) is 0 Å². The Bertz CT molecular complexity index is 877. The third-order valence-electron chi connectivity index (χ3n) is 2.87. The van der Waals surface area contributed by atoms with Gasteiger partial charge in [0.25, 0.3) is 0 Å². The van der Waals surface area contributed by atoms with Gasteiger partial charge < -0.3 is 11.2 Å². The van der Waals surface area contributed by atoms with Crippen molar-refractivity contribution in [3.05, 3.63) is 54.1 Å². The maximum Gasteiger partial charge on any atom is 0.238 e. The number of nitrogens with two attached hydrogens (primary N) is 2. The van der Waals surface area contributed by atoms with Gasteiger partial charge in [-0.1, -0.05) is 12.1 Å². The first kappa shape index (κ1) is 17.2. The summed E-state index contributed by atoms with van der Waals surface area (Å²) < 4.78 is 46.2. The number of sulfonamides is 2. The average Bonchev–Trinajstić information content (AvgIpc) is 2.47. The van der Waals surface area contributed by atoms with E-state index in [0.29, 0.717) is 16.9 Å². The normalized spacial score (nSPS) is 12.0. The molecule has 124 valence electrons. The fourth-order valence-corrected chi connectivity index (χ4v) is 3.23. The molecule has 8 nitrogen and oxygen atoms in total. The molecule has 0 amide bonds. The highest BCUT2D eigenvalue weighted by atomic mass is 32.2. The summed E-state index contributed by atoms with van der Waals surface area (Å²) in [6, 6.07) is 11.8. The lowest BCUT2D eigenvalue weighted by Gasteiger charge is -2.10. The van der Waals surface area contributed by atoms with Gasteiger partial charge in [-0.2, -0.15) is 0 Å². The van der Waals surface area contributed by atoms with Crippen LogP contribution in [0.25, 0.3) is 0 Å². The number of hydrogen-bond donors (Lipinski definition) is 4. The second-order valence-electron chi connectivity index (χ2n) is 4.80. The Morgan fingerprint density at radius 2 is 1.43 bits per heavy atom. The third kappa shape index (κ3) is 5.21.